The monoisotopic (exact) mass is 401 g/mol. The van der Waals surface area contributed by atoms with Crippen molar-refractivity contribution in [3.05, 3.63) is 76.7 Å². The Morgan fingerprint density at radius 1 is 0.966 bits per heavy atom. The lowest BCUT2D eigenvalue weighted by Crippen LogP contribution is -2.08. The number of aryl methyl sites for hydroxylation is 2. The Balaban J connectivity index is 1.58. The summed E-state index contributed by atoms with van der Waals surface area (Å²) in [7, 11) is 0. The van der Waals surface area contributed by atoms with E-state index in [1.54, 1.807) is 13.3 Å². The molecule has 0 fully saturated rings. The molecule has 0 bridgehead atoms. The molecule has 0 saturated heterocycles. The molecule has 0 unspecified atom stereocenters. The van der Waals surface area contributed by atoms with Gasteiger partial charge in [0.2, 0.25) is 0 Å². The molecule has 0 aliphatic heterocycles. The van der Waals surface area contributed by atoms with Gasteiger partial charge >= 0.3 is 6.18 Å². The van der Waals surface area contributed by atoms with Crippen molar-refractivity contribution in [1.82, 2.24) is 9.97 Å². The lowest BCUT2D eigenvalue weighted by Gasteiger charge is -2.13. The van der Waals surface area contributed by atoms with Crippen LogP contribution >= 0.6 is 0 Å². The fourth-order valence-electron chi connectivity index (χ4n) is 2.83. The van der Waals surface area contributed by atoms with Gasteiger partial charge in [-0.3, -0.25) is 0 Å². The molecule has 1 aromatic heterocycles. The number of alkyl halides is 3. The molecule has 4 nitrogen and oxygen atoms in total. The molecular weight excluding hydrogens is 379 g/mol. The first-order valence-corrected chi connectivity index (χ1v) is 9.21. The van der Waals surface area contributed by atoms with Crippen molar-refractivity contribution in [3.8, 4) is 11.5 Å². The predicted octanol–water partition coefficient (Wildman–Crippen LogP) is 5.87. The van der Waals surface area contributed by atoms with Crippen LogP contribution in [0.3, 0.4) is 0 Å². The number of rotatable bonds is 6. The van der Waals surface area contributed by atoms with Crippen LogP contribution in [0.5, 0.6) is 11.5 Å². The number of ether oxygens (including phenoxy) is 1. The van der Waals surface area contributed by atoms with E-state index in [0.717, 1.165) is 47.7 Å². The highest BCUT2D eigenvalue weighted by Gasteiger charge is 2.30. The van der Waals surface area contributed by atoms with E-state index in [-0.39, 0.29) is 0 Å². The number of aromatic nitrogens is 2. The first-order valence-electron chi connectivity index (χ1n) is 9.21. The Morgan fingerprint density at radius 2 is 1.69 bits per heavy atom. The van der Waals surface area contributed by atoms with Crippen molar-refractivity contribution in [3.63, 3.8) is 0 Å². The van der Waals surface area contributed by atoms with Gasteiger partial charge in [0.15, 0.2) is 0 Å². The van der Waals surface area contributed by atoms with E-state index in [1.807, 2.05) is 38.1 Å². The SMILES string of the molecule is Cc1cc(C(F)(F)F)ccc1Oc1ccc(CCNc2ncnc(C)c2C)cc1. The van der Waals surface area contributed by atoms with E-state index in [0.29, 0.717) is 17.1 Å². The Hall–Kier alpha value is -3.09. The minimum atomic E-state index is -4.36. The van der Waals surface area contributed by atoms with E-state index in [4.69, 9.17) is 4.74 Å². The van der Waals surface area contributed by atoms with Gasteiger partial charge in [0.05, 0.1) is 5.56 Å². The topological polar surface area (TPSA) is 47.0 Å². The van der Waals surface area contributed by atoms with Gasteiger partial charge < -0.3 is 10.1 Å². The van der Waals surface area contributed by atoms with Gasteiger partial charge in [0, 0.05) is 17.8 Å². The highest BCUT2D eigenvalue weighted by molar-refractivity contribution is 5.45. The highest BCUT2D eigenvalue weighted by atomic mass is 19.4. The number of halogens is 3. The minimum Gasteiger partial charge on any atom is -0.457 e. The van der Waals surface area contributed by atoms with Crippen LogP contribution in [0.2, 0.25) is 0 Å². The summed E-state index contributed by atoms with van der Waals surface area (Å²) < 4.78 is 44.0. The third-order valence-corrected chi connectivity index (χ3v) is 4.70. The number of benzene rings is 2. The average Bonchev–Trinajstić information content (AvgIpc) is 2.67. The molecule has 29 heavy (non-hydrogen) atoms. The van der Waals surface area contributed by atoms with Gasteiger partial charge in [-0.25, -0.2) is 9.97 Å². The average molecular weight is 401 g/mol. The van der Waals surface area contributed by atoms with Gasteiger partial charge in [-0.15, -0.1) is 0 Å². The van der Waals surface area contributed by atoms with Gasteiger partial charge in [0.1, 0.15) is 23.6 Å². The predicted molar refractivity (Wildman–Crippen MR) is 106 cm³/mol. The first kappa shape index (κ1) is 20.6. The van der Waals surface area contributed by atoms with Crippen LogP contribution in [0.15, 0.2) is 48.8 Å². The summed E-state index contributed by atoms with van der Waals surface area (Å²) in [6, 6.07) is 11.0. The molecule has 0 radical (unpaired) electrons. The zero-order chi connectivity index (χ0) is 21.0. The van der Waals surface area contributed by atoms with Gasteiger partial charge in [-0.05, 0) is 68.7 Å². The van der Waals surface area contributed by atoms with Crippen molar-refractivity contribution in [2.45, 2.75) is 33.4 Å². The summed E-state index contributed by atoms with van der Waals surface area (Å²) in [6.07, 6.45) is -2.02. The van der Waals surface area contributed by atoms with Crippen LogP contribution < -0.4 is 10.1 Å². The molecule has 0 aliphatic carbocycles. The maximum absolute atomic E-state index is 12.8. The van der Waals surface area contributed by atoms with Gasteiger partial charge in [-0.1, -0.05) is 12.1 Å². The van der Waals surface area contributed by atoms with Crippen molar-refractivity contribution >= 4 is 5.82 Å². The smallest absolute Gasteiger partial charge is 0.416 e. The molecule has 152 valence electrons. The molecule has 1 heterocycles. The molecule has 0 atom stereocenters. The van der Waals surface area contributed by atoms with E-state index in [2.05, 4.69) is 15.3 Å². The lowest BCUT2D eigenvalue weighted by atomic mass is 10.1. The number of nitrogens with one attached hydrogen (secondary N) is 1. The summed E-state index contributed by atoms with van der Waals surface area (Å²) in [5.41, 5.74) is 2.84. The molecule has 0 spiro atoms. The van der Waals surface area contributed by atoms with Crippen molar-refractivity contribution in [2.24, 2.45) is 0 Å². The maximum atomic E-state index is 12.8. The molecule has 3 aromatic rings. The number of hydrogen-bond acceptors (Lipinski definition) is 4. The van der Waals surface area contributed by atoms with Crippen LogP contribution in [0.4, 0.5) is 19.0 Å². The summed E-state index contributed by atoms with van der Waals surface area (Å²) in [6.45, 7) is 6.24. The van der Waals surface area contributed by atoms with Crippen LogP contribution in [0.1, 0.15) is 27.9 Å². The van der Waals surface area contributed by atoms with E-state index < -0.39 is 11.7 Å². The Bertz CT molecular complexity index is 986. The highest BCUT2D eigenvalue weighted by Crippen LogP contribution is 2.33. The first-order chi connectivity index (χ1) is 13.7. The molecule has 2 aromatic carbocycles. The molecule has 0 aliphatic rings. The maximum Gasteiger partial charge on any atom is 0.416 e. The summed E-state index contributed by atoms with van der Waals surface area (Å²) >= 11 is 0. The van der Waals surface area contributed by atoms with Crippen LogP contribution in [0, 0.1) is 20.8 Å². The van der Waals surface area contributed by atoms with E-state index >= 15 is 0 Å². The second kappa shape index (κ2) is 8.51. The van der Waals surface area contributed by atoms with Gasteiger partial charge in [0.25, 0.3) is 0 Å². The Kier molecular flexibility index (Phi) is 6.06. The minimum absolute atomic E-state index is 0.405. The van der Waals surface area contributed by atoms with Crippen molar-refractivity contribution < 1.29 is 17.9 Å². The molecule has 0 amide bonds. The fourth-order valence-corrected chi connectivity index (χ4v) is 2.83. The van der Waals surface area contributed by atoms with Crippen molar-refractivity contribution in [1.29, 1.82) is 0 Å². The van der Waals surface area contributed by atoms with E-state index in [9.17, 15) is 13.2 Å². The van der Waals surface area contributed by atoms with E-state index in [1.165, 1.54) is 6.07 Å². The molecule has 0 saturated carbocycles. The summed E-state index contributed by atoms with van der Waals surface area (Å²) in [4.78, 5) is 8.40. The standard InChI is InChI=1S/C22H22F3N3O/c1-14-12-18(22(23,24)25)6-9-20(14)29-19-7-4-17(5-8-19)10-11-26-21-15(2)16(3)27-13-28-21/h4-9,12-13H,10-11H2,1-3H3,(H,26,27,28). The fraction of sp³-hybridized carbons (Fsp3) is 0.273. The van der Waals surface area contributed by atoms with Crippen LogP contribution in [-0.4, -0.2) is 16.5 Å². The third-order valence-electron chi connectivity index (χ3n) is 4.70. The second-order valence-corrected chi connectivity index (χ2v) is 6.83. The quantitative estimate of drug-likeness (QED) is 0.561. The summed E-state index contributed by atoms with van der Waals surface area (Å²) in [5, 5.41) is 3.31. The zero-order valence-corrected chi connectivity index (χ0v) is 16.5. The molecular formula is C22H22F3N3O. The lowest BCUT2D eigenvalue weighted by molar-refractivity contribution is -0.137. The second-order valence-electron chi connectivity index (χ2n) is 6.83. The van der Waals surface area contributed by atoms with Crippen LogP contribution in [-0.2, 0) is 12.6 Å². The number of hydrogen-bond donors (Lipinski definition) is 1. The Labute approximate surface area is 167 Å². The zero-order valence-electron chi connectivity index (χ0n) is 16.5. The number of anilines is 1. The van der Waals surface area contributed by atoms with Crippen molar-refractivity contribution in [2.75, 3.05) is 11.9 Å². The Morgan fingerprint density at radius 3 is 2.34 bits per heavy atom. The van der Waals surface area contributed by atoms with Crippen LogP contribution in [0.25, 0.3) is 0 Å². The van der Waals surface area contributed by atoms with Gasteiger partial charge in [-0.2, -0.15) is 13.2 Å². The molecule has 7 heteroatoms. The molecule has 1 N–H and O–H groups in total. The third kappa shape index (κ3) is 5.25. The largest absolute Gasteiger partial charge is 0.457 e. The number of nitrogens with zero attached hydrogens (tertiary/aromatic N) is 2. The molecule has 3 rings (SSSR count). The normalized spacial score (nSPS) is 11.4. The summed E-state index contributed by atoms with van der Waals surface area (Å²) in [5.74, 6) is 1.81.